The van der Waals surface area contributed by atoms with Crippen LogP contribution in [0, 0.1) is 0 Å². The van der Waals surface area contributed by atoms with E-state index in [9.17, 15) is 4.79 Å². The van der Waals surface area contributed by atoms with Crippen molar-refractivity contribution in [1.82, 2.24) is 9.88 Å². The topological polar surface area (TPSA) is 33.2 Å². The maximum absolute atomic E-state index is 11.9. The molecule has 2 aromatic rings. The van der Waals surface area contributed by atoms with E-state index in [4.69, 9.17) is 0 Å². The van der Waals surface area contributed by atoms with Crippen LogP contribution < -0.4 is 0 Å². The second-order valence-corrected chi connectivity index (χ2v) is 5.70. The van der Waals surface area contributed by atoms with Crippen LogP contribution in [0.1, 0.15) is 11.3 Å². The highest BCUT2D eigenvalue weighted by atomic mass is 79.9. The van der Waals surface area contributed by atoms with Crippen molar-refractivity contribution in [3.05, 3.63) is 57.0 Å². The monoisotopic (exact) mass is 336 g/mol. The Morgan fingerprint density at radius 3 is 2.79 bits per heavy atom. The van der Waals surface area contributed by atoms with Gasteiger partial charge in [0.05, 0.1) is 11.2 Å². The van der Waals surface area contributed by atoms with Gasteiger partial charge in [-0.05, 0) is 23.8 Å². The molecule has 0 aliphatic heterocycles. The Hall–Kier alpha value is -1.46. The number of carbonyl (C=O) groups is 1. The highest BCUT2D eigenvalue weighted by Crippen LogP contribution is 2.12. The number of aromatic nitrogens is 1. The molecule has 0 aliphatic carbocycles. The fourth-order valence-corrected chi connectivity index (χ4v) is 2.32. The zero-order valence-corrected chi connectivity index (χ0v) is 12.8. The minimum atomic E-state index is -0.0316. The van der Waals surface area contributed by atoms with Crippen molar-refractivity contribution in [1.29, 1.82) is 0 Å². The van der Waals surface area contributed by atoms with E-state index in [-0.39, 0.29) is 5.91 Å². The van der Waals surface area contributed by atoms with E-state index in [1.807, 2.05) is 29.6 Å². The van der Waals surface area contributed by atoms with Gasteiger partial charge < -0.3 is 4.90 Å². The number of amides is 1. The molecule has 0 unspecified atom stereocenters. The van der Waals surface area contributed by atoms with Gasteiger partial charge in [0, 0.05) is 29.5 Å². The molecule has 0 bridgehead atoms. The van der Waals surface area contributed by atoms with E-state index in [0.717, 1.165) is 15.7 Å². The average molecular weight is 337 g/mol. The minimum Gasteiger partial charge on any atom is -0.338 e. The maximum atomic E-state index is 11.9. The Bertz CT molecular complexity index is 564. The van der Waals surface area contributed by atoms with Gasteiger partial charge in [-0.3, -0.25) is 4.79 Å². The Kier molecular flexibility index (Phi) is 4.87. The van der Waals surface area contributed by atoms with E-state index in [0.29, 0.717) is 6.54 Å². The normalized spacial score (nSPS) is 10.8. The lowest BCUT2D eigenvalue weighted by Gasteiger charge is -2.15. The summed E-state index contributed by atoms with van der Waals surface area (Å²) in [6.07, 6.45) is 3.28. The fourth-order valence-electron chi connectivity index (χ4n) is 1.53. The first-order valence-electron chi connectivity index (χ1n) is 5.71. The van der Waals surface area contributed by atoms with E-state index < -0.39 is 0 Å². The lowest BCUT2D eigenvalue weighted by Crippen LogP contribution is -2.24. The van der Waals surface area contributed by atoms with Crippen LogP contribution in [0.15, 0.2) is 45.7 Å². The Balaban J connectivity index is 1.94. The molecule has 2 rings (SSSR count). The van der Waals surface area contributed by atoms with E-state index in [1.165, 1.54) is 11.3 Å². The van der Waals surface area contributed by atoms with Crippen LogP contribution in [0.3, 0.4) is 0 Å². The van der Waals surface area contributed by atoms with Crippen molar-refractivity contribution < 1.29 is 4.79 Å². The van der Waals surface area contributed by atoms with Crippen molar-refractivity contribution in [2.24, 2.45) is 0 Å². The van der Waals surface area contributed by atoms with Crippen molar-refractivity contribution in [2.45, 2.75) is 6.54 Å². The predicted octanol–water partition coefficient (Wildman–Crippen LogP) is 3.58. The Morgan fingerprint density at radius 1 is 1.42 bits per heavy atom. The second kappa shape index (κ2) is 6.63. The third kappa shape index (κ3) is 4.29. The van der Waals surface area contributed by atoms with Gasteiger partial charge in [-0.1, -0.05) is 28.1 Å². The summed E-state index contributed by atoms with van der Waals surface area (Å²) < 4.78 is 1.04. The summed E-state index contributed by atoms with van der Waals surface area (Å²) >= 11 is 4.90. The number of hydrogen-bond acceptors (Lipinski definition) is 3. The lowest BCUT2D eigenvalue weighted by molar-refractivity contribution is -0.125. The summed E-state index contributed by atoms with van der Waals surface area (Å²) in [5.41, 5.74) is 3.66. The highest BCUT2D eigenvalue weighted by Gasteiger charge is 2.05. The molecule has 98 valence electrons. The molecule has 3 nitrogen and oxygen atoms in total. The van der Waals surface area contributed by atoms with Gasteiger partial charge in [0.1, 0.15) is 0 Å². The third-order valence-corrected chi connectivity index (χ3v) is 3.69. The third-order valence-electron chi connectivity index (χ3n) is 2.56. The van der Waals surface area contributed by atoms with Gasteiger partial charge in [0.2, 0.25) is 5.91 Å². The van der Waals surface area contributed by atoms with Crippen molar-refractivity contribution >= 4 is 39.2 Å². The SMILES string of the molecule is CN(Cc1ccc(Br)cc1)C(=O)/C=C/c1cscn1. The molecule has 0 spiro atoms. The molecule has 0 N–H and O–H groups in total. The number of nitrogens with zero attached hydrogens (tertiary/aromatic N) is 2. The zero-order chi connectivity index (χ0) is 13.7. The average Bonchev–Trinajstić information content (AvgIpc) is 2.91. The maximum Gasteiger partial charge on any atom is 0.246 e. The van der Waals surface area contributed by atoms with E-state index in [1.54, 1.807) is 29.6 Å². The summed E-state index contributed by atoms with van der Waals surface area (Å²) in [7, 11) is 1.79. The van der Waals surface area contributed by atoms with Crippen molar-refractivity contribution in [2.75, 3.05) is 7.05 Å². The quantitative estimate of drug-likeness (QED) is 0.799. The molecule has 19 heavy (non-hydrogen) atoms. The largest absolute Gasteiger partial charge is 0.338 e. The summed E-state index contributed by atoms with van der Waals surface area (Å²) in [5, 5.41) is 1.90. The van der Waals surface area contributed by atoms with Crippen LogP contribution in [0.25, 0.3) is 6.08 Å². The lowest BCUT2D eigenvalue weighted by atomic mass is 10.2. The molecule has 1 heterocycles. The number of carbonyl (C=O) groups excluding carboxylic acids is 1. The number of hydrogen-bond donors (Lipinski definition) is 0. The van der Waals surface area contributed by atoms with Gasteiger partial charge in [0.25, 0.3) is 0 Å². The highest BCUT2D eigenvalue weighted by molar-refractivity contribution is 9.10. The number of likely N-dealkylation sites (N-methyl/N-ethyl adjacent to an activating group) is 1. The molecule has 1 aromatic carbocycles. The summed E-state index contributed by atoms with van der Waals surface area (Å²) in [6, 6.07) is 7.94. The number of halogens is 1. The molecule has 0 saturated heterocycles. The first-order valence-corrected chi connectivity index (χ1v) is 7.44. The molecule has 1 amide bonds. The molecule has 1 aromatic heterocycles. The smallest absolute Gasteiger partial charge is 0.246 e. The van der Waals surface area contributed by atoms with Gasteiger partial charge in [0.15, 0.2) is 0 Å². The van der Waals surface area contributed by atoms with Crippen LogP contribution in [-0.2, 0) is 11.3 Å². The molecule has 0 atom stereocenters. The summed E-state index contributed by atoms with van der Waals surface area (Å²) in [5.74, 6) is -0.0316. The molecular weight excluding hydrogens is 324 g/mol. The first kappa shape index (κ1) is 14.0. The predicted molar refractivity (Wildman–Crippen MR) is 81.8 cm³/mol. The number of rotatable bonds is 4. The molecular formula is C14H13BrN2OS. The molecule has 0 saturated carbocycles. The van der Waals surface area contributed by atoms with Crippen molar-refractivity contribution in [3.63, 3.8) is 0 Å². The molecule has 5 heteroatoms. The van der Waals surface area contributed by atoms with Gasteiger partial charge in [-0.25, -0.2) is 4.98 Å². The standard InChI is InChI=1S/C14H13BrN2OS/c1-17(8-11-2-4-12(15)5-3-11)14(18)7-6-13-9-19-10-16-13/h2-7,9-10H,8H2,1H3/b7-6+. The molecule has 0 radical (unpaired) electrons. The Labute approximate surface area is 124 Å². The van der Waals surface area contributed by atoms with Crippen LogP contribution >= 0.6 is 27.3 Å². The van der Waals surface area contributed by atoms with E-state index in [2.05, 4.69) is 20.9 Å². The number of thiazole rings is 1. The molecule has 0 aliphatic rings. The minimum absolute atomic E-state index is 0.0316. The van der Waals surface area contributed by atoms with Crippen LogP contribution in [0.4, 0.5) is 0 Å². The number of benzene rings is 1. The van der Waals surface area contributed by atoms with Gasteiger partial charge in [-0.2, -0.15) is 0 Å². The zero-order valence-electron chi connectivity index (χ0n) is 10.4. The van der Waals surface area contributed by atoms with E-state index >= 15 is 0 Å². The first-order chi connectivity index (χ1) is 9.15. The van der Waals surface area contributed by atoms with Crippen LogP contribution in [0.5, 0.6) is 0 Å². The fraction of sp³-hybridized carbons (Fsp3) is 0.143. The van der Waals surface area contributed by atoms with Gasteiger partial charge >= 0.3 is 0 Å². The summed E-state index contributed by atoms with van der Waals surface area (Å²) in [6.45, 7) is 0.591. The van der Waals surface area contributed by atoms with Crippen LogP contribution in [-0.4, -0.2) is 22.8 Å². The second-order valence-electron chi connectivity index (χ2n) is 4.07. The van der Waals surface area contributed by atoms with Crippen molar-refractivity contribution in [3.8, 4) is 0 Å². The summed E-state index contributed by atoms with van der Waals surface area (Å²) in [4.78, 5) is 17.7. The Morgan fingerprint density at radius 2 is 2.16 bits per heavy atom. The molecule has 0 fully saturated rings. The van der Waals surface area contributed by atoms with Crippen LogP contribution in [0.2, 0.25) is 0 Å². The van der Waals surface area contributed by atoms with Gasteiger partial charge in [-0.15, -0.1) is 11.3 Å².